The molecule has 3 N–H and O–H groups in total. The third-order valence-corrected chi connectivity index (χ3v) is 7.20. The first kappa shape index (κ1) is 43.8. The minimum atomic E-state index is -0.799. The molecule has 47 heavy (non-hydrogen) atoms. The molecule has 0 spiro atoms. The maximum absolute atomic E-state index is 12.4. The number of nitrogen functional groups attached to an aromatic ring is 1. The Morgan fingerprint density at radius 1 is 0.596 bits per heavy atom. The number of nitrogens with one attached hydrogen (secondary N) is 1. The predicted molar refractivity (Wildman–Crippen MR) is 183 cm³/mol. The molecule has 0 aliphatic heterocycles. The van der Waals surface area contributed by atoms with Gasteiger partial charge in [0, 0.05) is 23.5 Å². The van der Waals surface area contributed by atoms with E-state index in [9.17, 15) is 24.6 Å². The van der Waals surface area contributed by atoms with E-state index < -0.39 is 16.4 Å². The third kappa shape index (κ3) is 12.7. The van der Waals surface area contributed by atoms with Gasteiger partial charge in [0.2, 0.25) is 5.82 Å². The van der Waals surface area contributed by atoms with Gasteiger partial charge in [-0.25, -0.2) is 0 Å². The van der Waals surface area contributed by atoms with Crippen molar-refractivity contribution in [2.24, 2.45) is 0 Å². The van der Waals surface area contributed by atoms with Crippen molar-refractivity contribution in [3.8, 4) is 0 Å². The number of rotatable bonds is 8. The van der Waals surface area contributed by atoms with Crippen LogP contribution in [0.1, 0.15) is 101 Å². The minimum Gasteiger partial charge on any atom is -1.00 e. The molecule has 0 fully saturated rings. The average molecular weight is 675 g/mol. The van der Waals surface area contributed by atoms with Crippen LogP contribution in [0.25, 0.3) is 0 Å². The molecular weight excluding hydrogens is 630 g/mol. The van der Waals surface area contributed by atoms with Crippen molar-refractivity contribution in [3.63, 3.8) is 0 Å². The fourth-order valence-corrected chi connectivity index (χ4v) is 4.78. The molecular formula is C36H45F2KN4O4. The summed E-state index contributed by atoms with van der Waals surface area (Å²) in [6.45, 7) is 17.2. The van der Waals surface area contributed by atoms with Gasteiger partial charge < -0.3 is 15.8 Å². The number of hydrogen-bond acceptors (Lipinski definition) is 6. The van der Waals surface area contributed by atoms with Crippen molar-refractivity contribution >= 4 is 28.4 Å². The monoisotopic (exact) mass is 674 g/mol. The summed E-state index contributed by atoms with van der Waals surface area (Å²) < 4.78 is 12.4. The van der Waals surface area contributed by atoms with E-state index in [0.29, 0.717) is 29.4 Å². The van der Waals surface area contributed by atoms with Gasteiger partial charge in [-0.3, -0.25) is 20.2 Å². The van der Waals surface area contributed by atoms with E-state index in [4.69, 9.17) is 5.73 Å². The molecule has 0 aromatic heterocycles. The van der Waals surface area contributed by atoms with Gasteiger partial charge in [-0.05, 0) is 58.1 Å². The van der Waals surface area contributed by atoms with E-state index in [1.165, 1.54) is 40.5 Å². The normalized spacial score (nSPS) is 10.2. The molecule has 0 heterocycles. The minimum absolute atomic E-state index is 0. The summed E-state index contributed by atoms with van der Waals surface area (Å²) in [6.07, 6.45) is 0. The number of nitrogens with two attached hydrogens (primary N) is 1. The fraction of sp³-hybridized carbons (Fsp3) is 0.333. The van der Waals surface area contributed by atoms with Crippen LogP contribution < -0.4 is 67.1 Å². The Kier molecular flexibility index (Phi) is 19.5. The predicted octanol–water partition coefficient (Wildman–Crippen LogP) is 4.84. The summed E-state index contributed by atoms with van der Waals surface area (Å²) in [6, 6.07) is 24.3. The first-order valence-electron chi connectivity index (χ1n) is 15.1. The van der Waals surface area contributed by atoms with Crippen molar-refractivity contribution in [2.75, 3.05) is 11.1 Å². The van der Waals surface area contributed by atoms with E-state index in [2.05, 4.69) is 97.1 Å². The van der Waals surface area contributed by atoms with Gasteiger partial charge in [0.25, 0.3) is 5.69 Å². The second-order valence-electron chi connectivity index (χ2n) is 11.9. The van der Waals surface area contributed by atoms with E-state index in [1.807, 2.05) is 6.07 Å². The van der Waals surface area contributed by atoms with Gasteiger partial charge >= 0.3 is 57.1 Å². The Balaban J connectivity index is 0.000000723. The smallest absolute Gasteiger partial charge is 1.00 e. The van der Waals surface area contributed by atoms with Crippen molar-refractivity contribution in [1.29, 1.82) is 0 Å². The number of hydrogen-bond donors (Lipinski definition) is 2. The van der Waals surface area contributed by atoms with Crippen LogP contribution in [0.15, 0.2) is 84.9 Å². The summed E-state index contributed by atoms with van der Waals surface area (Å²) in [5.41, 5.74) is 13.1. The van der Waals surface area contributed by atoms with Crippen molar-refractivity contribution in [3.05, 3.63) is 133 Å². The van der Waals surface area contributed by atoms with Crippen LogP contribution in [0.5, 0.6) is 0 Å². The van der Waals surface area contributed by atoms with Crippen LogP contribution in [0.2, 0.25) is 0 Å². The topological polar surface area (TPSA) is 124 Å². The summed E-state index contributed by atoms with van der Waals surface area (Å²) in [5.74, 6) is 0.901. The number of nitrogens with zero attached hydrogens (tertiary/aromatic N) is 2. The van der Waals surface area contributed by atoms with Gasteiger partial charge in [-0.15, -0.1) is 0 Å². The van der Waals surface area contributed by atoms with Crippen LogP contribution in [-0.4, -0.2) is 9.85 Å². The third-order valence-electron chi connectivity index (χ3n) is 7.20. The summed E-state index contributed by atoms with van der Waals surface area (Å²) in [7, 11) is 0. The molecule has 11 heteroatoms. The van der Waals surface area contributed by atoms with Gasteiger partial charge in [0.15, 0.2) is 0 Å². The summed E-state index contributed by atoms with van der Waals surface area (Å²) in [4.78, 5) is 20.1. The van der Waals surface area contributed by atoms with Crippen LogP contribution in [0, 0.1) is 26.0 Å². The molecule has 4 aromatic rings. The average Bonchev–Trinajstić information content (AvgIpc) is 2.97. The van der Waals surface area contributed by atoms with Crippen LogP contribution >= 0.6 is 0 Å². The van der Waals surface area contributed by atoms with Gasteiger partial charge in [-0.2, -0.15) is 4.39 Å². The molecule has 0 saturated carbocycles. The molecule has 0 radical (unpaired) electrons. The number of halogens is 2. The van der Waals surface area contributed by atoms with Crippen molar-refractivity contribution in [2.45, 2.75) is 79.1 Å². The van der Waals surface area contributed by atoms with Crippen molar-refractivity contribution < 1.29 is 70.3 Å². The van der Waals surface area contributed by atoms with Gasteiger partial charge in [0.1, 0.15) is 5.69 Å². The SMILES string of the molecule is CC(C)c1cccc(C(C)C)c1N.CC(C)c1cccc(C(C)C)c1Nc1ccccc1[N+](=O)[O-].O=[N+]([O-])c1ccccc1F.[F-].[K+]. The zero-order valence-electron chi connectivity index (χ0n) is 28.8. The number of anilines is 3. The summed E-state index contributed by atoms with van der Waals surface area (Å²) in [5, 5.41) is 24.5. The second-order valence-corrected chi connectivity index (χ2v) is 11.9. The maximum Gasteiger partial charge on any atom is 1.00 e. The van der Waals surface area contributed by atoms with Gasteiger partial charge in [-0.1, -0.05) is 116 Å². The zero-order chi connectivity index (χ0) is 33.8. The number of benzene rings is 4. The zero-order valence-corrected chi connectivity index (χ0v) is 31.9. The molecule has 4 rings (SSSR count). The van der Waals surface area contributed by atoms with Crippen LogP contribution in [0.4, 0.5) is 32.8 Å². The van der Waals surface area contributed by atoms with E-state index in [-0.39, 0.29) is 66.7 Å². The van der Waals surface area contributed by atoms with E-state index in [0.717, 1.165) is 23.5 Å². The van der Waals surface area contributed by atoms with E-state index in [1.54, 1.807) is 12.1 Å². The quantitative estimate of drug-likeness (QED) is 0.119. The Morgan fingerprint density at radius 2 is 0.957 bits per heavy atom. The molecule has 0 bridgehead atoms. The number of nitro benzene ring substituents is 2. The molecule has 0 atom stereocenters. The molecule has 8 nitrogen and oxygen atoms in total. The molecule has 0 aliphatic carbocycles. The first-order valence-corrected chi connectivity index (χ1v) is 15.1. The van der Waals surface area contributed by atoms with Crippen LogP contribution in [-0.2, 0) is 0 Å². The van der Waals surface area contributed by atoms with Gasteiger partial charge in [0.05, 0.1) is 9.85 Å². The molecule has 0 saturated heterocycles. The number of nitro groups is 2. The van der Waals surface area contributed by atoms with E-state index >= 15 is 0 Å². The molecule has 0 amide bonds. The Morgan fingerprint density at radius 3 is 1.32 bits per heavy atom. The van der Waals surface area contributed by atoms with Crippen LogP contribution in [0.3, 0.4) is 0 Å². The second kappa shape index (κ2) is 20.9. The molecule has 4 aromatic carbocycles. The van der Waals surface area contributed by atoms with Crippen molar-refractivity contribution in [1.82, 2.24) is 0 Å². The molecule has 0 unspecified atom stereocenters. The number of para-hydroxylation sites is 5. The Labute approximate surface area is 319 Å². The first-order chi connectivity index (χ1) is 21.2. The molecule has 248 valence electrons. The standard InChI is InChI=1S/C18H22N2O2.C12H19N.C6H4FNO2.FH.K/c1-12(2)14-8-7-9-15(13(3)4)18(14)19-16-10-5-6-11-17(16)20(21)22;1-8(2)10-6-5-7-11(9(3)4)12(10)13;7-5-3-1-2-4-6(5)8(9)10;;/h5-13,19H,1-4H3;5-9H,13H2,1-4H3;1-4H;1H;/q;;;;+1/p-1. The fourth-order valence-electron chi connectivity index (χ4n) is 4.78. The Bertz CT molecular complexity index is 1540. The maximum atomic E-state index is 12.4. The summed E-state index contributed by atoms with van der Waals surface area (Å²) >= 11 is 0. The largest absolute Gasteiger partial charge is 1.00 e. The molecule has 0 aliphatic rings. The Hall–Kier alpha value is -3.22.